The Morgan fingerprint density at radius 2 is 1.95 bits per heavy atom. The van der Waals surface area contributed by atoms with Crippen LogP contribution in [0.3, 0.4) is 0 Å². The molecule has 3 heteroatoms. The van der Waals surface area contributed by atoms with Crippen molar-refractivity contribution in [2.75, 3.05) is 0 Å². The fraction of sp³-hybridized carbons (Fsp3) is 0.312. The number of aliphatic imine (C=N–C) groups is 1. The molecule has 0 saturated carbocycles. The van der Waals surface area contributed by atoms with Gasteiger partial charge in [0.05, 0.1) is 5.69 Å². The summed E-state index contributed by atoms with van der Waals surface area (Å²) in [5.74, 6) is 0. The summed E-state index contributed by atoms with van der Waals surface area (Å²) in [4.78, 5) is 4.55. The summed E-state index contributed by atoms with van der Waals surface area (Å²) in [5, 5.41) is 0. The molecule has 0 bridgehead atoms. The first-order valence-electron chi connectivity index (χ1n) is 6.46. The first-order valence-corrected chi connectivity index (χ1v) is 7.25. The van der Waals surface area contributed by atoms with Gasteiger partial charge in [0.25, 0.3) is 0 Å². The van der Waals surface area contributed by atoms with Gasteiger partial charge in [-0.2, -0.15) is 0 Å². The molecule has 1 aromatic heterocycles. The van der Waals surface area contributed by atoms with Crippen LogP contribution >= 0.6 is 15.9 Å². The highest BCUT2D eigenvalue weighted by Gasteiger charge is 2.03. The third-order valence-electron chi connectivity index (χ3n) is 3.08. The molecule has 2 nitrogen and oxygen atoms in total. The van der Waals surface area contributed by atoms with Crippen molar-refractivity contribution in [1.82, 2.24) is 4.57 Å². The smallest absolute Gasteiger partial charge is 0.0772 e. The number of hydrogen-bond acceptors (Lipinski definition) is 1. The zero-order chi connectivity index (χ0) is 14.0. The van der Waals surface area contributed by atoms with E-state index in [4.69, 9.17) is 0 Å². The normalized spacial score (nSPS) is 11.7. The van der Waals surface area contributed by atoms with Gasteiger partial charge in [0.2, 0.25) is 0 Å². The summed E-state index contributed by atoms with van der Waals surface area (Å²) >= 11 is 3.54. The van der Waals surface area contributed by atoms with Crippen LogP contribution in [0.2, 0.25) is 0 Å². The third-order valence-corrected chi connectivity index (χ3v) is 3.72. The topological polar surface area (TPSA) is 17.3 Å². The Kier molecular flexibility index (Phi) is 4.25. The Labute approximate surface area is 123 Å². The second kappa shape index (κ2) is 5.74. The molecule has 19 heavy (non-hydrogen) atoms. The monoisotopic (exact) mass is 318 g/mol. The fourth-order valence-corrected chi connectivity index (χ4v) is 2.70. The number of halogens is 1. The van der Waals surface area contributed by atoms with Crippen molar-refractivity contribution in [3.63, 3.8) is 0 Å². The van der Waals surface area contributed by atoms with Gasteiger partial charge in [-0.1, -0.05) is 6.07 Å². The van der Waals surface area contributed by atoms with Gasteiger partial charge in [0, 0.05) is 34.2 Å². The van der Waals surface area contributed by atoms with Gasteiger partial charge in [-0.05, 0) is 67.4 Å². The number of aryl methyl sites for hydroxylation is 2. The lowest BCUT2D eigenvalue weighted by Gasteiger charge is -2.08. The van der Waals surface area contributed by atoms with E-state index in [1.807, 2.05) is 12.3 Å². The standard InChI is InChI=1S/C16H19BrN2/c1-11(2)19-10-14(8-13(19)4)9-18-16-6-5-12(3)7-15(16)17/h5-11H,1-4H3. The van der Waals surface area contributed by atoms with E-state index in [2.05, 4.69) is 77.6 Å². The predicted octanol–water partition coefficient (Wildman–Crippen LogP) is 5.20. The first kappa shape index (κ1) is 14.1. The Balaban J connectivity index is 2.25. The van der Waals surface area contributed by atoms with E-state index in [9.17, 15) is 0 Å². The summed E-state index contributed by atoms with van der Waals surface area (Å²) in [6.07, 6.45) is 4.06. The van der Waals surface area contributed by atoms with E-state index in [0.29, 0.717) is 6.04 Å². The average Bonchev–Trinajstić information content (AvgIpc) is 2.69. The first-order chi connectivity index (χ1) is 8.97. The molecule has 100 valence electrons. The van der Waals surface area contributed by atoms with Crippen LogP contribution in [0, 0.1) is 13.8 Å². The second-order valence-electron chi connectivity index (χ2n) is 5.13. The third kappa shape index (κ3) is 3.35. The van der Waals surface area contributed by atoms with Crippen LogP contribution in [0.25, 0.3) is 0 Å². The van der Waals surface area contributed by atoms with Crippen molar-refractivity contribution in [3.05, 3.63) is 51.8 Å². The van der Waals surface area contributed by atoms with Crippen LogP contribution in [-0.4, -0.2) is 10.8 Å². The van der Waals surface area contributed by atoms with Crippen molar-refractivity contribution in [2.45, 2.75) is 33.7 Å². The lowest BCUT2D eigenvalue weighted by molar-refractivity contribution is 0.589. The average molecular weight is 319 g/mol. The molecular weight excluding hydrogens is 300 g/mol. The molecule has 2 rings (SSSR count). The molecule has 0 amide bonds. The maximum atomic E-state index is 4.55. The Hall–Kier alpha value is -1.35. The predicted molar refractivity (Wildman–Crippen MR) is 85.7 cm³/mol. The maximum Gasteiger partial charge on any atom is 0.0772 e. The van der Waals surface area contributed by atoms with E-state index in [0.717, 1.165) is 15.7 Å². The second-order valence-corrected chi connectivity index (χ2v) is 5.98. The van der Waals surface area contributed by atoms with Crippen molar-refractivity contribution in [1.29, 1.82) is 0 Å². The molecule has 0 aliphatic carbocycles. The van der Waals surface area contributed by atoms with E-state index in [1.54, 1.807) is 0 Å². The van der Waals surface area contributed by atoms with Crippen LogP contribution in [0.4, 0.5) is 5.69 Å². The summed E-state index contributed by atoms with van der Waals surface area (Å²) in [6.45, 7) is 8.57. The Morgan fingerprint density at radius 1 is 1.21 bits per heavy atom. The highest BCUT2D eigenvalue weighted by atomic mass is 79.9. The van der Waals surface area contributed by atoms with Crippen LogP contribution in [0.1, 0.15) is 36.7 Å². The van der Waals surface area contributed by atoms with Gasteiger partial charge in [0.1, 0.15) is 0 Å². The Bertz CT molecular complexity index is 609. The minimum Gasteiger partial charge on any atom is -0.349 e. The lowest BCUT2D eigenvalue weighted by Crippen LogP contribution is -2.00. The lowest BCUT2D eigenvalue weighted by atomic mass is 10.2. The maximum absolute atomic E-state index is 4.55. The summed E-state index contributed by atoms with van der Waals surface area (Å²) in [6, 6.07) is 8.82. The molecule has 0 fully saturated rings. The van der Waals surface area contributed by atoms with Crippen molar-refractivity contribution in [3.8, 4) is 0 Å². The molecule has 0 unspecified atom stereocenters. The quantitative estimate of drug-likeness (QED) is 0.692. The molecule has 0 saturated heterocycles. The largest absolute Gasteiger partial charge is 0.349 e. The highest BCUT2D eigenvalue weighted by Crippen LogP contribution is 2.26. The molecule has 2 aromatic rings. The zero-order valence-electron chi connectivity index (χ0n) is 11.8. The van der Waals surface area contributed by atoms with E-state index < -0.39 is 0 Å². The van der Waals surface area contributed by atoms with Gasteiger partial charge in [-0.15, -0.1) is 0 Å². The highest BCUT2D eigenvalue weighted by molar-refractivity contribution is 9.10. The zero-order valence-corrected chi connectivity index (χ0v) is 13.4. The molecule has 0 N–H and O–H groups in total. The molecule has 0 spiro atoms. The number of hydrogen-bond donors (Lipinski definition) is 0. The molecule has 0 aliphatic rings. The minimum atomic E-state index is 0.480. The van der Waals surface area contributed by atoms with Gasteiger partial charge >= 0.3 is 0 Å². The number of aromatic nitrogens is 1. The van der Waals surface area contributed by atoms with Gasteiger partial charge in [-0.25, -0.2) is 0 Å². The van der Waals surface area contributed by atoms with E-state index in [-0.39, 0.29) is 0 Å². The summed E-state index contributed by atoms with van der Waals surface area (Å²) < 4.78 is 3.29. The van der Waals surface area contributed by atoms with E-state index in [1.165, 1.54) is 11.3 Å². The van der Waals surface area contributed by atoms with Gasteiger partial charge in [0.15, 0.2) is 0 Å². The number of benzene rings is 1. The molecule has 1 heterocycles. The van der Waals surface area contributed by atoms with Crippen LogP contribution in [0.15, 0.2) is 39.9 Å². The van der Waals surface area contributed by atoms with Crippen LogP contribution in [-0.2, 0) is 0 Å². The molecular formula is C16H19BrN2. The Morgan fingerprint density at radius 3 is 2.53 bits per heavy atom. The van der Waals surface area contributed by atoms with Crippen molar-refractivity contribution >= 4 is 27.8 Å². The van der Waals surface area contributed by atoms with E-state index >= 15 is 0 Å². The van der Waals surface area contributed by atoms with Crippen LogP contribution in [0.5, 0.6) is 0 Å². The van der Waals surface area contributed by atoms with Crippen molar-refractivity contribution < 1.29 is 0 Å². The fourth-order valence-electron chi connectivity index (χ4n) is 2.10. The molecule has 0 atom stereocenters. The minimum absolute atomic E-state index is 0.480. The number of rotatable bonds is 3. The van der Waals surface area contributed by atoms with Gasteiger partial charge in [-0.3, -0.25) is 4.99 Å². The summed E-state index contributed by atoms with van der Waals surface area (Å²) in [7, 11) is 0. The van der Waals surface area contributed by atoms with Gasteiger partial charge < -0.3 is 4.57 Å². The number of nitrogens with zero attached hydrogens (tertiary/aromatic N) is 2. The molecule has 0 aliphatic heterocycles. The molecule has 1 aromatic carbocycles. The van der Waals surface area contributed by atoms with Crippen molar-refractivity contribution in [2.24, 2.45) is 4.99 Å². The summed E-state index contributed by atoms with van der Waals surface area (Å²) in [5.41, 5.74) is 4.59. The SMILES string of the molecule is Cc1ccc(N=Cc2cc(C)n(C(C)C)c2)c(Br)c1. The van der Waals surface area contributed by atoms with Crippen LogP contribution < -0.4 is 0 Å². The molecule has 0 radical (unpaired) electrons.